The number of hydrogen-bond acceptors (Lipinski definition) is 4. The third-order valence-corrected chi connectivity index (χ3v) is 6.38. The van der Waals surface area contributed by atoms with Crippen LogP contribution in [0.25, 0.3) is 11.0 Å². The minimum Gasteiger partial charge on any atom is -0.464 e. The molecule has 3 aromatic rings. The van der Waals surface area contributed by atoms with Gasteiger partial charge < -0.3 is 14.2 Å². The third kappa shape index (κ3) is 7.54. The van der Waals surface area contributed by atoms with Crippen LogP contribution in [0.2, 0.25) is 0 Å². The fraction of sp³-hybridized carbons (Fsp3) is 0.433. The van der Waals surface area contributed by atoms with E-state index >= 15 is 0 Å². The van der Waals surface area contributed by atoms with Crippen LogP contribution in [0.4, 0.5) is 0 Å². The van der Waals surface area contributed by atoms with Gasteiger partial charge in [-0.25, -0.2) is 0 Å². The summed E-state index contributed by atoms with van der Waals surface area (Å²) in [5.41, 5.74) is 2.74. The predicted octanol–water partition coefficient (Wildman–Crippen LogP) is 5.84. The second kappa shape index (κ2) is 13.6. The van der Waals surface area contributed by atoms with Crippen molar-refractivity contribution in [1.82, 2.24) is 9.80 Å². The summed E-state index contributed by atoms with van der Waals surface area (Å²) in [4.78, 5) is 43.1. The molecule has 6 nitrogen and oxygen atoms in total. The van der Waals surface area contributed by atoms with Crippen molar-refractivity contribution in [3.63, 3.8) is 0 Å². The standard InChI is InChI=1S/C30H38N2O4/c1-4-6-9-14-28(33)31(17-7-5-2)21-29(34)32(19-24-12-10-8-11-13-24)20-25-22-36-27-16-15-23(3)18-26(27)30(25)35/h8,10-13,15-16,18,22H,4-7,9,14,17,19-21H2,1-3H3. The summed E-state index contributed by atoms with van der Waals surface area (Å²) in [6, 6.07) is 15.2. The van der Waals surface area contributed by atoms with Crippen molar-refractivity contribution >= 4 is 22.8 Å². The van der Waals surface area contributed by atoms with Gasteiger partial charge in [-0.15, -0.1) is 0 Å². The molecule has 2 aromatic carbocycles. The van der Waals surface area contributed by atoms with Crippen molar-refractivity contribution in [3.05, 3.63) is 81.7 Å². The Morgan fingerprint density at radius 1 is 0.861 bits per heavy atom. The Morgan fingerprint density at radius 3 is 2.33 bits per heavy atom. The Morgan fingerprint density at radius 2 is 1.61 bits per heavy atom. The van der Waals surface area contributed by atoms with E-state index in [0.717, 1.165) is 43.2 Å². The molecule has 1 heterocycles. The molecule has 0 unspecified atom stereocenters. The Balaban J connectivity index is 1.86. The van der Waals surface area contributed by atoms with Crippen LogP contribution in [0.5, 0.6) is 0 Å². The summed E-state index contributed by atoms with van der Waals surface area (Å²) < 4.78 is 5.73. The molecule has 3 rings (SSSR count). The Hall–Kier alpha value is -3.41. The molecule has 36 heavy (non-hydrogen) atoms. The maximum absolute atomic E-state index is 13.6. The van der Waals surface area contributed by atoms with E-state index < -0.39 is 0 Å². The fourth-order valence-electron chi connectivity index (χ4n) is 4.22. The van der Waals surface area contributed by atoms with E-state index in [4.69, 9.17) is 4.42 Å². The van der Waals surface area contributed by atoms with Crippen molar-refractivity contribution in [1.29, 1.82) is 0 Å². The van der Waals surface area contributed by atoms with Crippen molar-refractivity contribution in [2.45, 2.75) is 72.4 Å². The van der Waals surface area contributed by atoms with Gasteiger partial charge in [-0.05, 0) is 37.5 Å². The minimum atomic E-state index is -0.178. The second-order valence-electron chi connectivity index (χ2n) is 9.45. The maximum atomic E-state index is 13.6. The molecular formula is C30H38N2O4. The van der Waals surface area contributed by atoms with Gasteiger partial charge in [-0.2, -0.15) is 0 Å². The van der Waals surface area contributed by atoms with Crippen LogP contribution in [-0.4, -0.2) is 34.7 Å². The molecule has 0 aliphatic heterocycles. The fourth-order valence-corrected chi connectivity index (χ4v) is 4.22. The lowest BCUT2D eigenvalue weighted by atomic mass is 10.1. The summed E-state index contributed by atoms with van der Waals surface area (Å²) in [5.74, 6) is -0.159. The zero-order valence-electron chi connectivity index (χ0n) is 21.8. The van der Waals surface area contributed by atoms with Crippen LogP contribution in [0.1, 0.15) is 69.1 Å². The van der Waals surface area contributed by atoms with E-state index in [1.807, 2.05) is 49.4 Å². The van der Waals surface area contributed by atoms with Crippen LogP contribution in [0.3, 0.4) is 0 Å². The number of amides is 2. The van der Waals surface area contributed by atoms with Gasteiger partial charge >= 0.3 is 0 Å². The van der Waals surface area contributed by atoms with Crippen molar-refractivity contribution in [2.24, 2.45) is 0 Å². The van der Waals surface area contributed by atoms with E-state index in [0.29, 0.717) is 36.0 Å². The van der Waals surface area contributed by atoms with E-state index in [9.17, 15) is 14.4 Å². The van der Waals surface area contributed by atoms with Gasteiger partial charge in [0.05, 0.1) is 30.3 Å². The lowest BCUT2D eigenvalue weighted by Crippen LogP contribution is -2.43. The Labute approximate surface area is 213 Å². The average molecular weight is 491 g/mol. The minimum absolute atomic E-state index is 0.00974. The lowest BCUT2D eigenvalue weighted by Gasteiger charge is -2.28. The van der Waals surface area contributed by atoms with E-state index in [2.05, 4.69) is 13.8 Å². The molecule has 0 N–H and O–H groups in total. The average Bonchev–Trinajstić information content (AvgIpc) is 2.88. The number of nitrogens with zero attached hydrogens (tertiary/aromatic N) is 2. The molecule has 0 bridgehead atoms. The van der Waals surface area contributed by atoms with E-state index in [1.54, 1.807) is 15.9 Å². The maximum Gasteiger partial charge on any atom is 0.242 e. The number of rotatable bonds is 13. The molecule has 0 saturated carbocycles. The first kappa shape index (κ1) is 27.2. The highest BCUT2D eigenvalue weighted by molar-refractivity contribution is 5.85. The summed E-state index contributed by atoms with van der Waals surface area (Å²) >= 11 is 0. The summed E-state index contributed by atoms with van der Waals surface area (Å²) in [7, 11) is 0. The van der Waals surface area contributed by atoms with Crippen LogP contribution < -0.4 is 5.43 Å². The highest BCUT2D eigenvalue weighted by atomic mass is 16.3. The first-order valence-corrected chi connectivity index (χ1v) is 13.0. The summed E-state index contributed by atoms with van der Waals surface area (Å²) in [6.45, 7) is 7.14. The van der Waals surface area contributed by atoms with Gasteiger partial charge in [0.2, 0.25) is 11.8 Å². The Kier molecular flexibility index (Phi) is 10.3. The van der Waals surface area contributed by atoms with Gasteiger partial charge in [0.15, 0.2) is 5.43 Å². The monoisotopic (exact) mass is 490 g/mol. The number of benzene rings is 2. The molecular weight excluding hydrogens is 452 g/mol. The topological polar surface area (TPSA) is 70.8 Å². The van der Waals surface area contributed by atoms with Crippen LogP contribution in [0, 0.1) is 6.92 Å². The number of hydrogen-bond donors (Lipinski definition) is 0. The molecule has 0 fully saturated rings. The van der Waals surface area contributed by atoms with Crippen molar-refractivity contribution in [3.8, 4) is 0 Å². The zero-order chi connectivity index (χ0) is 25.9. The smallest absolute Gasteiger partial charge is 0.242 e. The first-order chi connectivity index (χ1) is 17.4. The predicted molar refractivity (Wildman–Crippen MR) is 144 cm³/mol. The number of carbonyl (C=O) groups excluding carboxylic acids is 2. The SMILES string of the molecule is CCCCCC(=O)N(CCCC)CC(=O)N(Cc1ccccc1)Cc1coc2ccc(C)cc2c1=O. The van der Waals surface area contributed by atoms with E-state index in [1.165, 1.54) is 6.26 Å². The molecule has 2 amide bonds. The van der Waals surface area contributed by atoms with Gasteiger partial charge in [0.25, 0.3) is 0 Å². The lowest BCUT2D eigenvalue weighted by molar-refractivity contribution is -0.141. The van der Waals surface area contributed by atoms with Gasteiger partial charge in [0, 0.05) is 19.5 Å². The van der Waals surface area contributed by atoms with E-state index in [-0.39, 0.29) is 30.3 Å². The number of fused-ring (bicyclic) bond motifs is 1. The summed E-state index contributed by atoms with van der Waals surface area (Å²) in [5, 5.41) is 0.510. The Bertz CT molecular complexity index is 1200. The molecule has 0 aliphatic carbocycles. The third-order valence-electron chi connectivity index (χ3n) is 6.38. The van der Waals surface area contributed by atoms with Crippen LogP contribution >= 0.6 is 0 Å². The molecule has 0 atom stereocenters. The zero-order valence-corrected chi connectivity index (χ0v) is 21.8. The molecule has 0 spiro atoms. The van der Waals surface area contributed by atoms with Gasteiger partial charge in [0.1, 0.15) is 5.58 Å². The molecule has 1 aromatic heterocycles. The highest BCUT2D eigenvalue weighted by Gasteiger charge is 2.22. The van der Waals surface area contributed by atoms with Crippen molar-refractivity contribution < 1.29 is 14.0 Å². The first-order valence-electron chi connectivity index (χ1n) is 13.0. The number of aryl methyl sites for hydroxylation is 1. The van der Waals surface area contributed by atoms with Crippen molar-refractivity contribution in [2.75, 3.05) is 13.1 Å². The van der Waals surface area contributed by atoms with Crippen LogP contribution in [0.15, 0.2) is 64.0 Å². The molecule has 6 heteroatoms. The molecule has 0 aliphatic rings. The highest BCUT2D eigenvalue weighted by Crippen LogP contribution is 2.16. The van der Waals surface area contributed by atoms with Gasteiger partial charge in [-0.3, -0.25) is 14.4 Å². The number of unbranched alkanes of at least 4 members (excludes halogenated alkanes) is 3. The largest absolute Gasteiger partial charge is 0.464 e. The van der Waals surface area contributed by atoms with Gasteiger partial charge in [-0.1, -0.05) is 75.1 Å². The molecule has 0 saturated heterocycles. The second-order valence-corrected chi connectivity index (χ2v) is 9.45. The van der Waals surface area contributed by atoms with Crippen LogP contribution in [-0.2, 0) is 22.7 Å². The molecule has 192 valence electrons. The normalized spacial score (nSPS) is 11.0. The summed E-state index contributed by atoms with van der Waals surface area (Å²) in [6.07, 6.45) is 6.57. The number of carbonyl (C=O) groups is 2. The molecule has 0 radical (unpaired) electrons. The quantitative estimate of drug-likeness (QED) is 0.282.